The Bertz CT molecular complexity index is 1170. The predicted octanol–water partition coefficient (Wildman–Crippen LogP) is 4.53. The van der Waals surface area contributed by atoms with Gasteiger partial charge in [0.1, 0.15) is 11.6 Å². The molecular weight excluding hydrogens is 386 g/mol. The smallest absolute Gasteiger partial charge is 0.258 e. The third-order valence-corrected chi connectivity index (χ3v) is 5.80. The highest BCUT2D eigenvalue weighted by Crippen LogP contribution is 2.26. The molecule has 1 aromatic heterocycles. The van der Waals surface area contributed by atoms with Crippen LogP contribution >= 0.6 is 0 Å². The maximum atomic E-state index is 12.8. The van der Waals surface area contributed by atoms with Gasteiger partial charge in [-0.3, -0.25) is 4.79 Å². The molecule has 3 aromatic carbocycles. The fourth-order valence-electron chi connectivity index (χ4n) is 4.23. The van der Waals surface area contributed by atoms with Crippen LogP contribution in [-0.4, -0.2) is 22.5 Å². The number of ether oxygens (including phenoxy) is 1. The number of imidazole rings is 1. The Hall–Kier alpha value is -3.60. The SMILES string of the molecule is O=C(COc1ccc2c(c1)CCC2)N[C@@H](Cc1ccccc1)c1nc2ccccc2[nH]1. The van der Waals surface area contributed by atoms with Crippen molar-refractivity contribution in [3.63, 3.8) is 0 Å². The van der Waals surface area contributed by atoms with Crippen LogP contribution in [0.4, 0.5) is 0 Å². The number of carbonyl (C=O) groups excluding carboxylic acids is 1. The Morgan fingerprint density at radius 2 is 1.81 bits per heavy atom. The summed E-state index contributed by atoms with van der Waals surface area (Å²) in [6, 6.07) is 23.9. The van der Waals surface area contributed by atoms with Crippen LogP contribution in [0, 0.1) is 0 Å². The van der Waals surface area contributed by atoms with Gasteiger partial charge in [-0.2, -0.15) is 0 Å². The topological polar surface area (TPSA) is 67.0 Å². The summed E-state index contributed by atoms with van der Waals surface area (Å²) in [6.45, 7) is -0.0235. The number of para-hydroxylation sites is 2. The second-order valence-corrected chi connectivity index (χ2v) is 8.02. The predicted molar refractivity (Wildman–Crippen MR) is 121 cm³/mol. The van der Waals surface area contributed by atoms with Gasteiger partial charge in [-0.25, -0.2) is 4.98 Å². The van der Waals surface area contributed by atoms with Gasteiger partial charge < -0.3 is 15.0 Å². The molecule has 5 nitrogen and oxygen atoms in total. The quantitative estimate of drug-likeness (QED) is 0.470. The molecule has 0 radical (unpaired) electrons. The van der Waals surface area contributed by atoms with E-state index in [0.717, 1.165) is 41.0 Å². The molecule has 0 saturated carbocycles. The van der Waals surface area contributed by atoms with Gasteiger partial charge in [0.2, 0.25) is 0 Å². The Kier molecular flexibility index (Phi) is 5.40. The van der Waals surface area contributed by atoms with E-state index < -0.39 is 0 Å². The summed E-state index contributed by atoms with van der Waals surface area (Å²) in [6.07, 6.45) is 4.06. The molecule has 0 spiro atoms. The minimum Gasteiger partial charge on any atom is -0.484 e. The minimum atomic E-state index is -0.272. The summed E-state index contributed by atoms with van der Waals surface area (Å²) in [5, 5.41) is 3.11. The molecule has 4 aromatic rings. The lowest BCUT2D eigenvalue weighted by Gasteiger charge is -2.17. The van der Waals surface area contributed by atoms with Gasteiger partial charge in [0.15, 0.2) is 6.61 Å². The molecule has 1 atom stereocenters. The number of hydrogen-bond donors (Lipinski definition) is 2. The van der Waals surface area contributed by atoms with Gasteiger partial charge in [-0.15, -0.1) is 0 Å². The number of rotatable bonds is 7. The minimum absolute atomic E-state index is 0.0235. The average Bonchev–Trinajstić information content (AvgIpc) is 3.44. The molecule has 5 rings (SSSR count). The van der Waals surface area contributed by atoms with Crippen LogP contribution in [0.5, 0.6) is 5.75 Å². The number of fused-ring (bicyclic) bond motifs is 2. The van der Waals surface area contributed by atoms with Crippen molar-refractivity contribution in [2.75, 3.05) is 6.61 Å². The van der Waals surface area contributed by atoms with E-state index in [2.05, 4.69) is 34.6 Å². The van der Waals surface area contributed by atoms with Crippen molar-refractivity contribution >= 4 is 16.9 Å². The Morgan fingerprint density at radius 3 is 2.68 bits per heavy atom. The van der Waals surface area contributed by atoms with E-state index in [0.29, 0.717) is 6.42 Å². The van der Waals surface area contributed by atoms with E-state index in [1.54, 1.807) is 0 Å². The first kappa shape index (κ1) is 19.4. The van der Waals surface area contributed by atoms with Crippen LogP contribution < -0.4 is 10.1 Å². The first-order chi connectivity index (χ1) is 15.2. The van der Waals surface area contributed by atoms with Gasteiger partial charge in [0, 0.05) is 0 Å². The zero-order valence-corrected chi connectivity index (χ0v) is 17.3. The monoisotopic (exact) mass is 411 g/mol. The third-order valence-electron chi connectivity index (χ3n) is 5.80. The standard InChI is InChI=1S/C26H25N3O2/c30-25(17-31-21-14-13-19-9-6-10-20(19)16-21)27-24(15-18-7-2-1-3-8-18)26-28-22-11-4-5-12-23(22)29-26/h1-5,7-8,11-14,16,24H,6,9-10,15,17H2,(H,27,30)(H,28,29)/t24-/m0/s1. The molecule has 31 heavy (non-hydrogen) atoms. The molecule has 2 N–H and O–H groups in total. The van der Waals surface area contributed by atoms with Crippen LogP contribution in [0.3, 0.4) is 0 Å². The lowest BCUT2D eigenvalue weighted by Crippen LogP contribution is -2.34. The highest BCUT2D eigenvalue weighted by atomic mass is 16.5. The van der Waals surface area contributed by atoms with Gasteiger partial charge in [0.05, 0.1) is 17.1 Å². The summed E-state index contributed by atoms with van der Waals surface area (Å²) in [7, 11) is 0. The van der Waals surface area contributed by atoms with Crippen molar-refractivity contribution in [2.45, 2.75) is 31.7 Å². The Morgan fingerprint density at radius 1 is 1.00 bits per heavy atom. The first-order valence-corrected chi connectivity index (χ1v) is 10.8. The maximum absolute atomic E-state index is 12.8. The lowest BCUT2D eigenvalue weighted by atomic mass is 10.1. The number of H-pyrrole nitrogens is 1. The third kappa shape index (κ3) is 4.45. The van der Waals surface area contributed by atoms with Crippen molar-refractivity contribution in [3.8, 4) is 5.75 Å². The maximum Gasteiger partial charge on any atom is 0.258 e. The van der Waals surface area contributed by atoms with Crippen molar-refractivity contribution < 1.29 is 9.53 Å². The van der Waals surface area contributed by atoms with E-state index in [1.807, 2.05) is 48.5 Å². The fourth-order valence-corrected chi connectivity index (χ4v) is 4.23. The molecule has 1 aliphatic rings. The Balaban J connectivity index is 1.30. The zero-order chi connectivity index (χ0) is 21.0. The highest BCUT2D eigenvalue weighted by molar-refractivity contribution is 5.78. The first-order valence-electron chi connectivity index (χ1n) is 10.8. The molecule has 0 aliphatic heterocycles. The Labute approximate surface area is 181 Å². The molecule has 5 heteroatoms. The lowest BCUT2D eigenvalue weighted by molar-refractivity contribution is -0.123. The summed E-state index contributed by atoms with van der Waals surface area (Å²) in [4.78, 5) is 20.8. The molecule has 0 fully saturated rings. The summed E-state index contributed by atoms with van der Waals surface area (Å²) < 4.78 is 5.80. The number of benzene rings is 3. The van der Waals surface area contributed by atoms with Crippen LogP contribution in [0.25, 0.3) is 11.0 Å². The number of nitrogens with one attached hydrogen (secondary N) is 2. The van der Waals surface area contributed by atoms with E-state index in [4.69, 9.17) is 9.72 Å². The second-order valence-electron chi connectivity index (χ2n) is 8.02. The van der Waals surface area contributed by atoms with Crippen LogP contribution in [0.15, 0.2) is 72.8 Å². The number of nitrogens with zero attached hydrogens (tertiary/aromatic N) is 1. The second kappa shape index (κ2) is 8.64. The van der Waals surface area contributed by atoms with Gasteiger partial charge in [0.25, 0.3) is 5.91 Å². The largest absolute Gasteiger partial charge is 0.484 e. The van der Waals surface area contributed by atoms with Crippen molar-refractivity contribution in [1.82, 2.24) is 15.3 Å². The zero-order valence-electron chi connectivity index (χ0n) is 17.3. The molecule has 156 valence electrons. The van der Waals surface area contributed by atoms with Crippen LogP contribution in [0.1, 0.15) is 35.0 Å². The number of amides is 1. The average molecular weight is 412 g/mol. The summed E-state index contributed by atoms with van der Waals surface area (Å²) in [5.41, 5.74) is 5.71. The number of hydrogen-bond acceptors (Lipinski definition) is 3. The number of aromatic nitrogens is 2. The molecular formula is C26H25N3O2. The fraction of sp³-hybridized carbons (Fsp3) is 0.231. The van der Waals surface area contributed by atoms with Crippen molar-refractivity contribution in [1.29, 1.82) is 0 Å². The van der Waals surface area contributed by atoms with Crippen molar-refractivity contribution in [3.05, 3.63) is 95.3 Å². The van der Waals surface area contributed by atoms with Crippen molar-refractivity contribution in [2.24, 2.45) is 0 Å². The van der Waals surface area contributed by atoms with Gasteiger partial charge in [-0.1, -0.05) is 48.5 Å². The molecule has 1 heterocycles. The molecule has 1 amide bonds. The summed E-state index contributed by atoms with van der Waals surface area (Å²) >= 11 is 0. The molecule has 0 unspecified atom stereocenters. The highest BCUT2D eigenvalue weighted by Gasteiger charge is 2.20. The van der Waals surface area contributed by atoms with Crippen LogP contribution in [0.2, 0.25) is 0 Å². The van der Waals surface area contributed by atoms with Gasteiger partial charge >= 0.3 is 0 Å². The normalized spacial score (nSPS) is 13.7. The molecule has 0 saturated heterocycles. The van der Waals surface area contributed by atoms with Gasteiger partial charge in [-0.05, 0) is 66.6 Å². The number of aryl methyl sites for hydroxylation is 2. The number of carbonyl (C=O) groups is 1. The number of aromatic amines is 1. The van der Waals surface area contributed by atoms with E-state index in [9.17, 15) is 4.79 Å². The summed E-state index contributed by atoms with van der Waals surface area (Å²) in [5.74, 6) is 1.33. The molecule has 1 aliphatic carbocycles. The van der Waals surface area contributed by atoms with Crippen LogP contribution in [-0.2, 0) is 24.1 Å². The van der Waals surface area contributed by atoms with E-state index >= 15 is 0 Å². The van der Waals surface area contributed by atoms with E-state index in [-0.39, 0.29) is 18.6 Å². The molecule has 0 bridgehead atoms. The van der Waals surface area contributed by atoms with E-state index in [1.165, 1.54) is 17.5 Å².